The molecule has 0 fully saturated rings. The first kappa shape index (κ1) is 16.4. The van der Waals surface area contributed by atoms with Gasteiger partial charge in [0.15, 0.2) is 0 Å². The average Bonchev–Trinajstić information content (AvgIpc) is 2.33. The Morgan fingerprint density at radius 1 is 1.22 bits per heavy atom. The highest BCUT2D eigenvalue weighted by Crippen LogP contribution is 2.08. The standard InChI is InChI=1S/C11H21N3O4/c1-4-6(2)9(11(17)18)14-10(16)7(3)13-8(15)5-12/h6-7,9H,4-5,12H2,1-3H3,(H,13,15)(H,14,16)(H,17,18)/t6-,7-,9-/m0/s1. The molecule has 0 rings (SSSR count). The second-order valence-corrected chi connectivity index (χ2v) is 4.20. The van der Waals surface area contributed by atoms with Gasteiger partial charge in [-0.25, -0.2) is 4.79 Å². The maximum Gasteiger partial charge on any atom is 0.326 e. The summed E-state index contributed by atoms with van der Waals surface area (Å²) < 4.78 is 0. The molecule has 7 nitrogen and oxygen atoms in total. The molecule has 0 saturated carbocycles. The molecule has 0 aromatic carbocycles. The fourth-order valence-corrected chi connectivity index (χ4v) is 1.33. The van der Waals surface area contributed by atoms with Gasteiger partial charge in [-0.2, -0.15) is 0 Å². The van der Waals surface area contributed by atoms with E-state index in [1.54, 1.807) is 6.92 Å². The van der Waals surface area contributed by atoms with Crippen LogP contribution in [0.4, 0.5) is 0 Å². The van der Waals surface area contributed by atoms with Crippen LogP contribution < -0.4 is 16.4 Å². The molecule has 0 aliphatic carbocycles. The third kappa shape index (κ3) is 5.13. The van der Waals surface area contributed by atoms with Crippen LogP contribution in [-0.2, 0) is 14.4 Å². The van der Waals surface area contributed by atoms with Gasteiger partial charge in [-0.05, 0) is 12.8 Å². The van der Waals surface area contributed by atoms with Crippen LogP contribution >= 0.6 is 0 Å². The van der Waals surface area contributed by atoms with Crippen LogP contribution in [0.1, 0.15) is 27.2 Å². The van der Waals surface area contributed by atoms with Gasteiger partial charge in [-0.1, -0.05) is 20.3 Å². The molecule has 0 saturated heterocycles. The number of nitrogens with two attached hydrogens (primary N) is 1. The predicted octanol–water partition coefficient (Wildman–Crippen LogP) is -0.935. The molecule has 5 N–H and O–H groups in total. The summed E-state index contributed by atoms with van der Waals surface area (Å²) in [6.07, 6.45) is 0.626. The second kappa shape index (κ2) is 7.65. The Hall–Kier alpha value is -1.63. The van der Waals surface area contributed by atoms with E-state index < -0.39 is 29.9 Å². The summed E-state index contributed by atoms with van der Waals surface area (Å²) in [5.74, 6) is -2.28. The van der Waals surface area contributed by atoms with Crippen molar-refractivity contribution >= 4 is 17.8 Å². The Kier molecular flexibility index (Phi) is 6.96. The fourth-order valence-electron chi connectivity index (χ4n) is 1.33. The summed E-state index contributed by atoms with van der Waals surface area (Å²) >= 11 is 0. The molecule has 2 amide bonds. The van der Waals surface area contributed by atoms with E-state index in [0.29, 0.717) is 6.42 Å². The van der Waals surface area contributed by atoms with E-state index in [0.717, 1.165) is 0 Å². The van der Waals surface area contributed by atoms with Crippen molar-refractivity contribution in [3.05, 3.63) is 0 Å². The Morgan fingerprint density at radius 2 is 1.78 bits per heavy atom. The van der Waals surface area contributed by atoms with Crippen LogP contribution in [0.5, 0.6) is 0 Å². The van der Waals surface area contributed by atoms with E-state index in [-0.39, 0.29) is 12.5 Å². The van der Waals surface area contributed by atoms with Crippen LogP contribution in [0, 0.1) is 5.92 Å². The van der Waals surface area contributed by atoms with Crippen molar-refractivity contribution in [1.29, 1.82) is 0 Å². The van der Waals surface area contributed by atoms with Gasteiger partial charge in [-0.15, -0.1) is 0 Å². The highest BCUT2D eigenvalue weighted by molar-refractivity contribution is 5.90. The minimum atomic E-state index is -1.09. The number of aliphatic carboxylic acids is 1. The van der Waals surface area contributed by atoms with Crippen molar-refractivity contribution < 1.29 is 19.5 Å². The lowest BCUT2D eigenvalue weighted by Crippen LogP contribution is -2.53. The molecule has 18 heavy (non-hydrogen) atoms. The monoisotopic (exact) mass is 259 g/mol. The van der Waals surface area contributed by atoms with E-state index >= 15 is 0 Å². The van der Waals surface area contributed by atoms with E-state index in [4.69, 9.17) is 10.8 Å². The minimum Gasteiger partial charge on any atom is -0.480 e. The zero-order chi connectivity index (χ0) is 14.3. The first-order valence-corrected chi connectivity index (χ1v) is 5.86. The third-order valence-corrected chi connectivity index (χ3v) is 2.73. The smallest absolute Gasteiger partial charge is 0.326 e. The lowest BCUT2D eigenvalue weighted by molar-refractivity contribution is -0.143. The molecule has 0 aromatic rings. The van der Waals surface area contributed by atoms with Gasteiger partial charge < -0.3 is 21.5 Å². The van der Waals surface area contributed by atoms with Gasteiger partial charge in [-0.3, -0.25) is 9.59 Å². The normalized spacial score (nSPS) is 15.3. The number of rotatable bonds is 7. The fraction of sp³-hybridized carbons (Fsp3) is 0.727. The van der Waals surface area contributed by atoms with E-state index in [9.17, 15) is 14.4 Å². The maximum atomic E-state index is 11.7. The SMILES string of the molecule is CC[C@H](C)[C@H](NC(=O)[C@H](C)NC(=O)CN)C(=O)O. The number of carboxylic acids is 1. The van der Waals surface area contributed by atoms with Crippen molar-refractivity contribution in [2.24, 2.45) is 11.7 Å². The third-order valence-electron chi connectivity index (χ3n) is 2.73. The number of carbonyl (C=O) groups excluding carboxylic acids is 2. The van der Waals surface area contributed by atoms with E-state index in [1.807, 2.05) is 6.92 Å². The highest BCUT2D eigenvalue weighted by Gasteiger charge is 2.27. The average molecular weight is 259 g/mol. The molecular weight excluding hydrogens is 238 g/mol. The molecule has 7 heteroatoms. The number of hydrogen-bond donors (Lipinski definition) is 4. The van der Waals surface area contributed by atoms with Crippen molar-refractivity contribution in [3.8, 4) is 0 Å². The molecule has 0 aliphatic rings. The summed E-state index contributed by atoms with van der Waals surface area (Å²) in [4.78, 5) is 33.7. The molecule has 0 aromatic heterocycles. The summed E-state index contributed by atoms with van der Waals surface area (Å²) in [6, 6.07) is -1.77. The molecule has 0 heterocycles. The lowest BCUT2D eigenvalue weighted by atomic mass is 9.99. The molecule has 0 aliphatic heterocycles. The lowest BCUT2D eigenvalue weighted by Gasteiger charge is -2.22. The summed E-state index contributed by atoms with van der Waals surface area (Å²) in [7, 11) is 0. The number of hydrogen-bond acceptors (Lipinski definition) is 4. The molecule has 0 bridgehead atoms. The molecule has 104 valence electrons. The number of amides is 2. The predicted molar refractivity (Wildman–Crippen MR) is 65.7 cm³/mol. The summed E-state index contributed by atoms with van der Waals surface area (Å²) in [5.41, 5.74) is 5.10. The quantitative estimate of drug-likeness (QED) is 0.470. The van der Waals surface area contributed by atoms with Crippen molar-refractivity contribution in [2.45, 2.75) is 39.3 Å². The van der Waals surface area contributed by atoms with Crippen LogP contribution in [0.3, 0.4) is 0 Å². The largest absolute Gasteiger partial charge is 0.480 e. The first-order valence-electron chi connectivity index (χ1n) is 5.86. The van der Waals surface area contributed by atoms with Gasteiger partial charge in [0.2, 0.25) is 11.8 Å². The molecule has 0 radical (unpaired) electrons. The molecule has 3 atom stereocenters. The van der Waals surface area contributed by atoms with Crippen molar-refractivity contribution in [2.75, 3.05) is 6.54 Å². The van der Waals surface area contributed by atoms with Gasteiger partial charge in [0.05, 0.1) is 6.54 Å². The number of carboxylic acid groups (broad SMARTS) is 1. The Bertz CT molecular complexity index is 319. The van der Waals surface area contributed by atoms with Gasteiger partial charge in [0, 0.05) is 0 Å². The van der Waals surface area contributed by atoms with E-state index in [1.165, 1.54) is 6.92 Å². The number of carbonyl (C=O) groups is 3. The molecule has 0 spiro atoms. The number of nitrogens with one attached hydrogen (secondary N) is 2. The van der Waals surface area contributed by atoms with Gasteiger partial charge in [0.1, 0.15) is 12.1 Å². The minimum absolute atomic E-state index is 0.191. The van der Waals surface area contributed by atoms with Crippen LogP contribution in [0.15, 0.2) is 0 Å². The summed E-state index contributed by atoms with van der Waals surface area (Å²) in [6.45, 7) is 4.83. The second-order valence-electron chi connectivity index (χ2n) is 4.20. The van der Waals surface area contributed by atoms with Crippen LogP contribution in [0.2, 0.25) is 0 Å². The van der Waals surface area contributed by atoms with Crippen molar-refractivity contribution in [1.82, 2.24) is 10.6 Å². The van der Waals surface area contributed by atoms with E-state index in [2.05, 4.69) is 10.6 Å². The molecule has 0 unspecified atom stereocenters. The maximum absolute atomic E-state index is 11.7. The Labute approximate surface area is 106 Å². The zero-order valence-corrected chi connectivity index (χ0v) is 10.9. The topological polar surface area (TPSA) is 122 Å². The van der Waals surface area contributed by atoms with Crippen LogP contribution in [0.25, 0.3) is 0 Å². The van der Waals surface area contributed by atoms with Crippen molar-refractivity contribution in [3.63, 3.8) is 0 Å². The Morgan fingerprint density at radius 3 is 2.17 bits per heavy atom. The molecular formula is C11H21N3O4. The summed E-state index contributed by atoms with van der Waals surface area (Å²) in [5, 5.41) is 13.8. The van der Waals surface area contributed by atoms with Gasteiger partial charge in [0.25, 0.3) is 0 Å². The highest BCUT2D eigenvalue weighted by atomic mass is 16.4. The first-order chi connectivity index (χ1) is 8.33. The van der Waals surface area contributed by atoms with Gasteiger partial charge >= 0.3 is 5.97 Å². The zero-order valence-electron chi connectivity index (χ0n) is 10.9. The van der Waals surface area contributed by atoms with Crippen LogP contribution in [-0.4, -0.2) is 41.5 Å². The Balaban J connectivity index is 4.50.